The largest absolute Gasteiger partial charge is 0.425 e. The molecule has 242 valence electrons. The first-order valence-electron chi connectivity index (χ1n) is 15.8. The van der Waals surface area contributed by atoms with Gasteiger partial charge in [0.05, 0.1) is 33.8 Å². The lowest BCUT2D eigenvalue weighted by Crippen LogP contribution is -2.37. The van der Waals surface area contributed by atoms with E-state index in [-0.39, 0.29) is 0 Å². The molecule has 0 atom stereocenters. The Morgan fingerprint density at radius 3 is 1.93 bits per heavy atom. The second-order valence-electron chi connectivity index (χ2n) is 9.91. The highest BCUT2D eigenvalue weighted by molar-refractivity contribution is 7.98. The number of rotatable bonds is 19. The summed E-state index contributed by atoms with van der Waals surface area (Å²) in [5, 5.41) is 1.12. The first kappa shape index (κ1) is 36.8. The number of hydrogen-bond donors (Lipinski definition) is 0. The molecule has 2 aromatic carbocycles. The zero-order valence-corrected chi connectivity index (χ0v) is 31.2. The van der Waals surface area contributed by atoms with Gasteiger partial charge in [0, 0.05) is 31.6 Å². The molecule has 0 saturated heterocycles. The summed E-state index contributed by atoms with van der Waals surface area (Å²) < 4.78 is 27.6. The molecule has 0 aliphatic rings. The molecule has 2 radical (unpaired) electrons. The number of fused-ring (bicyclic) bond motifs is 2. The number of para-hydroxylation sites is 3. The summed E-state index contributed by atoms with van der Waals surface area (Å²) >= 11 is 3.89. The summed E-state index contributed by atoms with van der Waals surface area (Å²) in [5.41, 5.74) is 4.52. The quantitative estimate of drug-likeness (QED) is 0.0764. The fraction of sp³-hybridized carbons (Fsp3) is 0.562. The molecule has 4 rings (SSSR count). The van der Waals surface area contributed by atoms with Crippen LogP contribution in [0.1, 0.15) is 59.1 Å². The summed E-state index contributed by atoms with van der Waals surface area (Å²) in [4.78, 5) is 9.40. The summed E-state index contributed by atoms with van der Waals surface area (Å²) in [6.07, 6.45) is 2.34. The summed E-state index contributed by atoms with van der Waals surface area (Å²) in [5.74, 6) is 6.34. The van der Waals surface area contributed by atoms with Crippen LogP contribution in [0.4, 0.5) is 0 Å². The van der Waals surface area contributed by atoms with Crippen LogP contribution in [0, 0.1) is 13.8 Å². The lowest BCUT2D eigenvalue weighted by molar-refractivity contribution is 0.213. The minimum atomic E-state index is -1.46. The second-order valence-corrected chi connectivity index (χ2v) is 15.6. The number of thioether (sulfide) groups is 2. The van der Waals surface area contributed by atoms with Gasteiger partial charge in [-0.2, -0.15) is 0 Å². The summed E-state index contributed by atoms with van der Waals surface area (Å²) in [7, 11) is -2.51. The molecule has 8 nitrogen and oxygen atoms in total. The van der Waals surface area contributed by atoms with Crippen molar-refractivity contribution in [1.82, 2.24) is 19.1 Å². The van der Waals surface area contributed by atoms with E-state index in [0.29, 0.717) is 13.2 Å². The molecule has 0 aliphatic heterocycles. The maximum absolute atomic E-state index is 5.85. The molecule has 0 fully saturated rings. The molecule has 0 unspecified atom stereocenters. The van der Waals surface area contributed by atoms with Crippen molar-refractivity contribution in [3.05, 3.63) is 54.1 Å². The minimum absolute atomic E-state index is 0.663. The van der Waals surface area contributed by atoms with Gasteiger partial charge in [-0.3, -0.25) is 0 Å². The van der Waals surface area contributed by atoms with Crippen molar-refractivity contribution < 1.29 is 17.7 Å². The zero-order chi connectivity index (χ0) is 31.7. The molecule has 0 amide bonds. The van der Waals surface area contributed by atoms with Gasteiger partial charge in [-0.1, -0.05) is 31.2 Å². The van der Waals surface area contributed by atoms with Crippen LogP contribution in [0.2, 0.25) is 6.04 Å². The first-order valence-corrected chi connectivity index (χ1v) is 20.9. The van der Waals surface area contributed by atoms with Gasteiger partial charge in [-0.15, -0.1) is 23.5 Å². The Morgan fingerprint density at radius 1 is 0.682 bits per heavy atom. The van der Waals surface area contributed by atoms with Crippen LogP contribution in [-0.2, 0) is 29.5 Å². The van der Waals surface area contributed by atoms with E-state index in [1.165, 1.54) is 23.2 Å². The molecule has 0 N–H and O–H groups in total. The van der Waals surface area contributed by atoms with Gasteiger partial charge in [0.15, 0.2) is 0 Å². The molecule has 2 heterocycles. The van der Waals surface area contributed by atoms with Gasteiger partial charge in [-0.25, -0.2) is 9.97 Å². The Bertz CT molecular complexity index is 1380. The Kier molecular flexibility index (Phi) is 17.1. The van der Waals surface area contributed by atoms with Crippen molar-refractivity contribution in [1.29, 1.82) is 0 Å². The van der Waals surface area contributed by atoms with Gasteiger partial charge in [0.1, 0.15) is 11.6 Å². The van der Waals surface area contributed by atoms with Crippen LogP contribution in [0.25, 0.3) is 22.1 Å². The molecule has 0 bridgehead atoms. The number of benzene rings is 2. The molecule has 4 aromatic rings. The SMILES string of the molecule is CCCSCn1c(C)nc2c([Si](OCC)OCC)cccc21.CCO[Si](CCCSCn1c(C)nc2ccccc21)OCC. The number of nitrogens with zero attached hydrogens (tertiary/aromatic N) is 4. The maximum Gasteiger partial charge on any atom is 0.425 e. The predicted octanol–water partition coefficient (Wildman–Crippen LogP) is 7.20. The van der Waals surface area contributed by atoms with Gasteiger partial charge in [0.2, 0.25) is 0 Å². The van der Waals surface area contributed by atoms with Gasteiger partial charge in [-0.05, 0) is 90.1 Å². The number of aryl methyl sites for hydroxylation is 2. The van der Waals surface area contributed by atoms with Gasteiger partial charge >= 0.3 is 18.6 Å². The molecule has 12 heteroatoms. The van der Waals surface area contributed by atoms with Crippen molar-refractivity contribution in [2.24, 2.45) is 0 Å². The fourth-order valence-electron chi connectivity index (χ4n) is 4.69. The highest BCUT2D eigenvalue weighted by atomic mass is 32.2. The Balaban J connectivity index is 0.000000240. The molecule has 2 aromatic heterocycles. The Morgan fingerprint density at radius 2 is 1.27 bits per heavy atom. The van der Waals surface area contributed by atoms with Crippen LogP contribution < -0.4 is 5.19 Å². The number of hydrogen-bond acceptors (Lipinski definition) is 8. The van der Waals surface area contributed by atoms with E-state index < -0.39 is 18.6 Å². The fourth-order valence-corrected chi connectivity index (χ4v) is 9.87. The lowest BCUT2D eigenvalue weighted by Gasteiger charge is -2.14. The third kappa shape index (κ3) is 10.7. The molecule has 44 heavy (non-hydrogen) atoms. The van der Waals surface area contributed by atoms with E-state index >= 15 is 0 Å². The third-order valence-electron chi connectivity index (χ3n) is 6.66. The predicted molar refractivity (Wildman–Crippen MR) is 191 cm³/mol. The van der Waals surface area contributed by atoms with E-state index in [9.17, 15) is 0 Å². The van der Waals surface area contributed by atoms with E-state index in [1.54, 1.807) is 0 Å². The highest BCUT2D eigenvalue weighted by Crippen LogP contribution is 2.20. The van der Waals surface area contributed by atoms with Gasteiger partial charge < -0.3 is 26.8 Å². The molecule has 0 spiro atoms. The summed E-state index contributed by atoms with van der Waals surface area (Å²) in [6, 6.07) is 15.7. The summed E-state index contributed by atoms with van der Waals surface area (Å²) in [6.45, 7) is 17.3. The molecule has 0 saturated carbocycles. The van der Waals surface area contributed by atoms with Crippen LogP contribution in [0.3, 0.4) is 0 Å². The average molecular weight is 675 g/mol. The normalized spacial score (nSPS) is 11.7. The number of aromatic nitrogens is 4. The standard InChI is InChI=1S/2C16H25N2O2SSi/c1-5-11-21-12-18-13(4)17-16-14(18)9-8-10-15(16)22(19-6-2)20-7-3;1-4-19-22(20-5-2)12-8-11-21-13-18-14(3)17-15-9-6-7-10-16(15)18/h8-10H,5-7,11-12H2,1-4H3;6-7,9-10H,4-5,8,11-13H2,1-3H3. The first-order chi connectivity index (χ1) is 21.5. The van der Waals surface area contributed by atoms with Crippen molar-refractivity contribution in [3.63, 3.8) is 0 Å². The van der Waals surface area contributed by atoms with Crippen molar-refractivity contribution in [3.8, 4) is 0 Å². The van der Waals surface area contributed by atoms with Crippen molar-refractivity contribution in [2.45, 2.75) is 79.1 Å². The molecular formula is C32H50N4O4S2Si2. The molecule has 0 aliphatic carbocycles. The Labute approximate surface area is 276 Å². The zero-order valence-electron chi connectivity index (χ0n) is 27.6. The van der Waals surface area contributed by atoms with E-state index in [0.717, 1.165) is 71.1 Å². The van der Waals surface area contributed by atoms with E-state index in [2.05, 4.69) is 71.3 Å². The topological polar surface area (TPSA) is 72.6 Å². The maximum atomic E-state index is 5.85. The van der Waals surface area contributed by atoms with E-state index in [4.69, 9.17) is 22.7 Å². The van der Waals surface area contributed by atoms with Crippen molar-refractivity contribution >= 4 is 69.3 Å². The number of imidazole rings is 2. The third-order valence-corrected chi connectivity index (χ3v) is 12.7. The van der Waals surface area contributed by atoms with Crippen LogP contribution in [-0.4, -0.2) is 75.6 Å². The molecular weight excluding hydrogens is 625 g/mol. The highest BCUT2D eigenvalue weighted by Gasteiger charge is 2.23. The monoisotopic (exact) mass is 674 g/mol. The minimum Gasteiger partial charge on any atom is -0.394 e. The average Bonchev–Trinajstić information content (AvgIpc) is 3.52. The second kappa shape index (κ2) is 20.5. The van der Waals surface area contributed by atoms with Crippen LogP contribution in [0.15, 0.2) is 42.5 Å². The van der Waals surface area contributed by atoms with Crippen LogP contribution in [0.5, 0.6) is 0 Å². The van der Waals surface area contributed by atoms with Gasteiger partial charge in [0.25, 0.3) is 0 Å². The smallest absolute Gasteiger partial charge is 0.394 e. The van der Waals surface area contributed by atoms with Crippen molar-refractivity contribution in [2.75, 3.05) is 37.9 Å². The Hall–Kier alpha value is -1.65. The lowest BCUT2D eigenvalue weighted by atomic mass is 10.3. The van der Waals surface area contributed by atoms with Crippen LogP contribution >= 0.6 is 23.5 Å². The van der Waals surface area contributed by atoms with E-state index in [1.807, 2.05) is 57.3 Å².